The summed E-state index contributed by atoms with van der Waals surface area (Å²) in [5.74, 6) is -4.84. The Morgan fingerprint density at radius 3 is 2.07 bits per heavy atom. The van der Waals surface area contributed by atoms with Crippen LogP contribution in [0.3, 0.4) is 0 Å². The molecule has 0 aliphatic rings. The van der Waals surface area contributed by atoms with E-state index in [1.54, 1.807) is 6.92 Å². The summed E-state index contributed by atoms with van der Waals surface area (Å²) in [7, 11) is 0. The molecule has 1 atom stereocenters. The van der Waals surface area contributed by atoms with Gasteiger partial charge in [-0.1, -0.05) is 48.0 Å². The summed E-state index contributed by atoms with van der Waals surface area (Å²) >= 11 is 0. The first kappa shape index (κ1) is 20.0. The maximum Gasteiger partial charge on any atom is 0.323 e. The molecule has 0 radical (unpaired) electrons. The first-order valence-corrected chi connectivity index (χ1v) is 8.79. The van der Waals surface area contributed by atoms with Crippen molar-refractivity contribution >= 4 is 0 Å². The Morgan fingerprint density at radius 1 is 0.929 bits per heavy atom. The van der Waals surface area contributed by atoms with Crippen molar-refractivity contribution in [3.63, 3.8) is 0 Å². The number of aromatic nitrogens is 1. The van der Waals surface area contributed by atoms with E-state index in [1.807, 2.05) is 31.2 Å². The normalized spacial score (nSPS) is 14.0. The molecule has 3 rings (SSSR count). The summed E-state index contributed by atoms with van der Waals surface area (Å²) in [4.78, 5) is 3.85. The number of rotatable bonds is 5. The van der Waals surface area contributed by atoms with Gasteiger partial charge in [0.2, 0.25) is 0 Å². The van der Waals surface area contributed by atoms with E-state index in [1.165, 1.54) is 18.3 Å². The van der Waals surface area contributed by atoms with Gasteiger partial charge in [0.05, 0.1) is 0 Å². The molecule has 28 heavy (non-hydrogen) atoms. The minimum absolute atomic E-state index is 0.546. The molecule has 0 saturated heterocycles. The molecule has 0 amide bonds. The third-order valence-electron chi connectivity index (χ3n) is 4.86. The number of nitrogens with zero attached hydrogens (tertiary/aromatic N) is 1. The fourth-order valence-corrected chi connectivity index (χ4v) is 3.07. The average Bonchev–Trinajstić information content (AvgIpc) is 2.68. The van der Waals surface area contributed by atoms with E-state index < -0.39 is 35.1 Å². The second-order valence-corrected chi connectivity index (χ2v) is 6.92. The van der Waals surface area contributed by atoms with Gasteiger partial charge >= 0.3 is 5.92 Å². The van der Waals surface area contributed by atoms with Crippen molar-refractivity contribution in [2.24, 2.45) is 5.73 Å². The van der Waals surface area contributed by atoms with Crippen molar-refractivity contribution in [2.75, 3.05) is 6.54 Å². The van der Waals surface area contributed by atoms with Gasteiger partial charge in [-0.3, -0.25) is 4.98 Å². The Morgan fingerprint density at radius 2 is 1.54 bits per heavy atom. The first-order chi connectivity index (χ1) is 13.2. The molecule has 3 aromatic rings. The van der Waals surface area contributed by atoms with Crippen molar-refractivity contribution in [1.29, 1.82) is 0 Å². The first-order valence-electron chi connectivity index (χ1n) is 8.79. The number of pyridine rings is 1. The van der Waals surface area contributed by atoms with Crippen LogP contribution in [0.1, 0.15) is 22.4 Å². The predicted octanol–water partition coefficient (Wildman–Crippen LogP) is 4.44. The lowest BCUT2D eigenvalue weighted by Gasteiger charge is -2.35. The van der Waals surface area contributed by atoms with Crippen molar-refractivity contribution in [1.82, 2.24) is 4.98 Å². The highest BCUT2D eigenvalue weighted by Gasteiger charge is 2.56. The molecular weight excluding hydrogens is 365 g/mol. The van der Waals surface area contributed by atoms with Crippen LogP contribution in [-0.4, -0.2) is 16.6 Å². The van der Waals surface area contributed by atoms with Gasteiger partial charge < -0.3 is 10.8 Å². The van der Waals surface area contributed by atoms with Gasteiger partial charge in [0, 0.05) is 23.9 Å². The molecule has 0 bridgehead atoms. The van der Waals surface area contributed by atoms with Crippen molar-refractivity contribution in [2.45, 2.75) is 25.4 Å². The van der Waals surface area contributed by atoms with Gasteiger partial charge in [0.15, 0.2) is 5.60 Å². The minimum Gasteiger partial charge on any atom is -0.377 e. The zero-order valence-electron chi connectivity index (χ0n) is 15.6. The Balaban J connectivity index is 2.01. The monoisotopic (exact) mass is 386 g/mol. The molecule has 0 aliphatic carbocycles. The summed E-state index contributed by atoms with van der Waals surface area (Å²) in [6.45, 7) is 2.70. The zero-order chi connectivity index (χ0) is 20.5. The van der Waals surface area contributed by atoms with Crippen LogP contribution in [0.25, 0.3) is 11.1 Å². The summed E-state index contributed by atoms with van der Waals surface area (Å²) in [6, 6.07) is 13.8. The number of halogens is 3. The molecular formula is C22H21F3N2O. The fourth-order valence-electron chi connectivity index (χ4n) is 3.07. The van der Waals surface area contributed by atoms with Gasteiger partial charge in [-0.05, 0) is 37.1 Å². The van der Waals surface area contributed by atoms with E-state index in [-0.39, 0.29) is 0 Å². The number of aryl methyl sites for hydroxylation is 2. The molecule has 0 saturated carbocycles. The molecule has 2 aromatic carbocycles. The Kier molecular flexibility index (Phi) is 5.28. The van der Waals surface area contributed by atoms with Crippen LogP contribution in [0, 0.1) is 19.7 Å². The van der Waals surface area contributed by atoms with E-state index in [2.05, 4.69) is 4.98 Å². The van der Waals surface area contributed by atoms with Crippen LogP contribution in [-0.2, 0) is 11.5 Å². The molecule has 0 unspecified atom stereocenters. The van der Waals surface area contributed by atoms with Gasteiger partial charge in [-0.25, -0.2) is 4.39 Å². The third kappa shape index (κ3) is 3.41. The summed E-state index contributed by atoms with van der Waals surface area (Å²) in [6.07, 6.45) is 1.30. The number of hydrogen-bond acceptors (Lipinski definition) is 3. The lowest BCUT2D eigenvalue weighted by Crippen LogP contribution is -2.50. The van der Waals surface area contributed by atoms with Crippen molar-refractivity contribution in [3.05, 3.63) is 89.0 Å². The number of aliphatic hydroxyl groups is 1. The maximum absolute atomic E-state index is 15.2. The standard InChI is InChI=1S/C22H21F3N2O/c1-14-3-6-16(7-4-14)17-8-10-20(27-12-17)22(24,25)21(28,13-26)18-9-5-15(2)11-19(18)23/h3-12,28H,13,26H2,1-2H3/t21-/m1/s1. The molecule has 0 aliphatic heterocycles. The smallest absolute Gasteiger partial charge is 0.323 e. The molecule has 6 heteroatoms. The Labute approximate surface area is 161 Å². The topological polar surface area (TPSA) is 59.1 Å². The lowest BCUT2D eigenvalue weighted by molar-refractivity contribution is -0.193. The Hall–Kier alpha value is -2.70. The van der Waals surface area contributed by atoms with Crippen molar-refractivity contribution in [3.8, 4) is 11.1 Å². The molecule has 0 fully saturated rings. The van der Waals surface area contributed by atoms with Crippen LogP contribution in [0.2, 0.25) is 0 Å². The summed E-state index contributed by atoms with van der Waals surface area (Å²) in [5, 5.41) is 10.7. The second kappa shape index (κ2) is 7.37. The maximum atomic E-state index is 15.2. The summed E-state index contributed by atoms with van der Waals surface area (Å²) in [5.41, 5.74) is 4.41. The average molecular weight is 386 g/mol. The van der Waals surface area contributed by atoms with Gasteiger partial charge in [0.1, 0.15) is 11.5 Å². The zero-order valence-corrected chi connectivity index (χ0v) is 15.6. The second-order valence-electron chi connectivity index (χ2n) is 6.92. The summed E-state index contributed by atoms with van der Waals surface area (Å²) < 4.78 is 44.7. The van der Waals surface area contributed by atoms with E-state index in [0.717, 1.165) is 29.3 Å². The molecule has 1 aromatic heterocycles. The van der Waals surface area contributed by atoms with Crippen LogP contribution in [0.15, 0.2) is 60.8 Å². The molecule has 3 N–H and O–H groups in total. The third-order valence-corrected chi connectivity index (χ3v) is 4.86. The predicted molar refractivity (Wildman–Crippen MR) is 102 cm³/mol. The van der Waals surface area contributed by atoms with Crippen LogP contribution < -0.4 is 5.73 Å². The minimum atomic E-state index is -3.90. The highest BCUT2D eigenvalue weighted by Crippen LogP contribution is 2.45. The van der Waals surface area contributed by atoms with E-state index in [4.69, 9.17) is 5.73 Å². The number of hydrogen-bond donors (Lipinski definition) is 2. The highest BCUT2D eigenvalue weighted by atomic mass is 19.3. The molecule has 146 valence electrons. The largest absolute Gasteiger partial charge is 0.377 e. The Bertz CT molecular complexity index is 972. The molecule has 1 heterocycles. The number of alkyl halides is 2. The van der Waals surface area contributed by atoms with Crippen molar-refractivity contribution < 1.29 is 18.3 Å². The molecule has 0 spiro atoms. The van der Waals surface area contributed by atoms with E-state index >= 15 is 8.78 Å². The van der Waals surface area contributed by atoms with Gasteiger partial charge in [0.25, 0.3) is 0 Å². The van der Waals surface area contributed by atoms with Gasteiger partial charge in [-0.15, -0.1) is 0 Å². The highest BCUT2D eigenvalue weighted by molar-refractivity contribution is 5.62. The number of nitrogens with two attached hydrogens (primary N) is 1. The SMILES string of the molecule is Cc1ccc(-c2ccc(C(F)(F)[C@@](O)(CN)c3ccc(C)cc3F)nc2)cc1. The van der Waals surface area contributed by atoms with Crippen LogP contribution in [0.4, 0.5) is 13.2 Å². The number of benzene rings is 2. The molecule has 3 nitrogen and oxygen atoms in total. The quantitative estimate of drug-likeness (QED) is 0.681. The lowest BCUT2D eigenvalue weighted by atomic mass is 9.84. The van der Waals surface area contributed by atoms with Crippen LogP contribution >= 0.6 is 0 Å². The van der Waals surface area contributed by atoms with Crippen LogP contribution in [0.5, 0.6) is 0 Å². The van der Waals surface area contributed by atoms with Gasteiger partial charge in [-0.2, -0.15) is 8.78 Å². The van der Waals surface area contributed by atoms with E-state index in [9.17, 15) is 9.50 Å². The van der Waals surface area contributed by atoms with E-state index in [0.29, 0.717) is 11.1 Å². The fraction of sp³-hybridized carbons (Fsp3) is 0.227.